The number of halogens is 1. The molecule has 3 rings (SSSR count). The lowest BCUT2D eigenvalue weighted by atomic mass is 10.2. The predicted octanol–water partition coefficient (Wildman–Crippen LogP) is 1.94. The van der Waals surface area contributed by atoms with Crippen molar-refractivity contribution in [3.05, 3.63) is 39.6 Å². The second kappa shape index (κ2) is 8.39. The molecule has 1 amide bonds. The second-order valence-electron chi connectivity index (χ2n) is 4.94. The van der Waals surface area contributed by atoms with Gasteiger partial charge < -0.3 is 10.6 Å². The third-order valence-electron chi connectivity index (χ3n) is 3.36. The summed E-state index contributed by atoms with van der Waals surface area (Å²) in [5, 5.41) is 10.2. The summed E-state index contributed by atoms with van der Waals surface area (Å²) in [6.07, 6.45) is 1.44. The number of amides is 1. The first-order chi connectivity index (χ1) is 11.2. The number of hydrogen-bond donors (Lipinski definition) is 2. The summed E-state index contributed by atoms with van der Waals surface area (Å²) in [6.45, 7) is 1.19. The van der Waals surface area contributed by atoms with Gasteiger partial charge in [-0.3, -0.25) is 14.2 Å². The maximum Gasteiger partial charge on any atom is 0.263 e. The number of hydrogen-bond acceptors (Lipinski definition) is 6. The van der Waals surface area contributed by atoms with Crippen LogP contribution < -0.4 is 16.2 Å². The molecule has 0 aliphatic carbocycles. The Bertz CT molecular complexity index is 873. The highest BCUT2D eigenvalue weighted by Crippen LogP contribution is 2.33. The van der Waals surface area contributed by atoms with Crippen molar-refractivity contribution in [1.29, 1.82) is 0 Å². The lowest BCUT2D eigenvalue weighted by molar-refractivity contribution is -0.121. The van der Waals surface area contributed by atoms with Crippen molar-refractivity contribution in [3.8, 4) is 10.4 Å². The van der Waals surface area contributed by atoms with Crippen LogP contribution in [0.5, 0.6) is 0 Å². The van der Waals surface area contributed by atoms with Gasteiger partial charge in [-0.15, -0.1) is 35.1 Å². The van der Waals surface area contributed by atoms with Crippen LogP contribution >= 0.6 is 35.1 Å². The Morgan fingerprint density at radius 3 is 2.88 bits per heavy atom. The molecule has 0 unspecified atom stereocenters. The van der Waals surface area contributed by atoms with Gasteiger partial charge in [0.1, 0.15) is 11.4 Å². The van der Waals surface area contributed by atoms with Crippen LogP contribution in [0.4, 0.5) is 0 Å². The van der Waals surface area contributed by atoms with Gasteiger partial charge in [-0.1, -0.05) is 6.07 Å². The molecule has 0 fully saturated rings. The van der Waals surface area contributed by atoms with Gasteiger partial charge in [0.25, 0.3) is 5.56 Å². The Hall–Kier alpha value is -1.74. The van der Waals surface area contributed by atoms with Crippen LogP contribution in [0.3, 0.4) is 0 Å². The van der Waals surface area contributed by atoms with Crippen LogP contribution in [0.15, 0.2) is 34.0 Å². The van der Waals surface area contributed by atoms with Gasteiger partial charge in [0.2, 0.25) is 5.91 Å². The number of likely N-dealkylation sites (N-methyl/N-ethyl adjacent to an activating group) is 1. The van der Waals surface area contributed by atoms with Crippen LogP contribution in [-0.2, 0) is 11.3 Å². The summed E-state index contributed by atoms with van der Waals surface area (Å²) in [5.41, 5.74) is 0.714. The van der Waals surface area contributed by atoms with E-state index in [1.54, 1.807) is 11.3 Å². The van der Waals surface area contributed by atoms with Crippen molar-refractivity contribution >= 4 is 51.2 Å². The molecule has 0 atom stereocenters. The molecule has 6 nitrogen and oxygen atoms in total. The lowest BCUT2D eigenvalue weighted by Crippen LogP contribution is -2.35. The number of carbonyl (C=O) groups excluding carboxylic acids is 1. The number of fused-ring (bicyclic) bond motifs is 1. The van der Waals surface area contributed by atoms with E-state index in [-0.39, 0.29) is 30.4 Å². The smallest absolute Gasteiger partial charge is 0.263 e. The monoisotopic (exact) mass is 384 g/mol. The summed E-state index contributed by atoms with van der Waals surface area (Å²) >= 11 is 3.03. The average molecular weight is 385 g/mol. The van der Waals surface area contributed by atoms with Crippen LogP contribution in [0.25, 0.3) is 20.7 Å². The summed E-state index contributed by atoms with van der Waals surface area (Å²) in [4.78, 5) is 30.7. The van der Waals surface area contributed by atoms with E-state index in [0.29, 0.717) is 23.3 Å². The van der Waals surface area contributed by atoms with Crippen LogP contribution in [0.1, 0.15) is 0 Å². The Kier molecular flexibility index (Phi) is 6.50. The van der Waals surface area contributed by atoms with E-state index in [2.05, 4.69) is 15.6 Å². The Labute approximate surface area is 153 Å². The van der Waals surface area contributed by atoms with Gasteiger partial charge in [-0.05, 0) is 18.5 Å². The van der Waals surface area contributed by atoms with Crippen molar-refractivity contribution in [1.82, 2.24) is 20.2 Å². The minimum absolute atomic E-state index is 0. The topological polar surface area (TPSA) is 76.0 Å². The molecule has 0 radical (unpaired) electrons. The molecule has 128 valence electrons. The molecule has 0 saturated heterocycles. The quantitative estimate of drug-likeness (QED) is 0.637. The molecule has 0 aromatic carbocycles. The summed E-state index contributed by atoms with van der Waals surface area (Å²) in [6, 6.07) is 3.93. The molecular formula is C15H17ClN4O2S2. The first kappa shape index (κ1) is 18.6. The van der Waals surface area contributed by atoms with Crippen molar-refractivity contribution < 1.29 is 4.79 Å². The Morgan fingerprint density at radius 2 is 2.17 bits per heavy atom. The van der Waals surface area contributed by atoms with Crippen LogP contribution in [-0.4, -0.2) is 35.6 Å². The van der Waals surface area contributed by atoms with Crippen molar-refractivity contribution in [2.45, 2.75) is 6.54 Å². The fraction of sp³-hybridized carbons (Fsp3) is 0.267. The molecule has 0 saturated carbocycles. The SMILES string of the molecule is CNCCNC(=O)Cn1cnc2scc(-c3cccs3)c2c1=O.Cl. The molecule has 3 heterocycles. The zero-order valence-electron chi connectivity index (χ0n) is 12.9. The predicted molar refractivity (Wildman–Crippen MR) is 101 cm³/mol. The highest BCUT2D eigenvalue weighted by molar-refractivity contribution is 7.18. The number of thiophene rings is 2. The highest BCUT2D eigenvalue weighted by Gasteiger charge is 2.15. The Balaban J connectivity index is 0.00000208. The molecule has 3 aromatic heterocycles. The molecular weight excluding hydrogens is 368 g/mol. The number of nitrogens with zero attached hydrogens (tertiary/aromatic N) is 2. The van der Waals surface area contributed by atoms with E-state index >= 15 is 0 Å². The van der Waals surface area contributed by atoms with Gasteiger partial charge in [-0.2, -0.15) is 0 Å². The van der Waals surface area contributed by atoms with Crippen LogP contribution in [0, 0.1) is 0 Å². The molecule has 0 bridgehead atoms. The minimum Gasteiger partial charge on any atom is -0.353 e. The van der Waals surface area contributed by atoms with Crippen molar-refractivity contribution in [3.63, 3.8) is 0 Å². The minimum atomic E-state index is -0.198. The molecule has 0 aliphatic heterocycles. The number of carbonyl (C=O) groups is 1. The molecule has 24 heavy (non-hydrogen) atoms. The third kappa shape index (κ3) is 3.84. The van der Waals surface area contributed by atoms with E-state index in [1.807, 2.05) is 29.9 Å². The van der Waals surface area contributed by atoms with E-state index in [9.17, 15) is 9.59 Å². The zero-order valence-corrected chi connectivity index (χ0v) is 15.4. The Morgan fingerprint density at radius 1 is 1.33 bits per heavy atom. The number of rotatable bonds is 6. The van der Waals surface area contributed by atoms with Crippen LogP contribution in [0.2, 0.25) is 0 Å². The molecule has 9 heteroatoms. The molecule has 0 aliphatic rings. The first-order valence-electron chi connectivity index (χ1n) is 7.12. The molecule has 0 spiro atoms. The second-order valence-corrected chi connectivity index (χ2v) is 6.74. The normalized spacial score (nSPS) is 10.5. The van der Waals surface area contributed by atoms with Gasteiger partial charge in [0.15, 0.2) is 0 Å². The number of nitrogens with one attached hydrogen (secondary N) is 2. The van der Waals surface area contributed by atoms with Crippen molar-refractivity contribution in [2.75, 3.05) is 20.1 Å². The largest absolute Gasteiger partial charge is 0.353 e. The summed E-state index contributed by atoms with van der Waals surface area (Å²) in [5.74, 6) is -0.198. The van der Waals surface area contributed by atoms with Crippen molar-refractivity contribution in [2.24, 2.45) is 0 Å². The highest BCUT2D eigenvalue weighted by atomic mass is 35.5. The van der Waals surface area contributed by atoms with E-state index in [4.69, 9.17) is 0 Å². The van der Waals surface area contributed by atoms with E-state index in [1.165, 1.54) is 22.2 Å². The average Bonchev–Trinajstić information content (AvgIpc) is 3.19. The number of aromatic nitrogens is 2. The summed E-state index contributed by atoms with van der Waals surface area (Å²) in [7, 11) is 1.82. The molecule has 3 aromatic rings. The lowest BCUT2D eigenvalue weighted by Gasteiger charge is -2.07. The van der Waals surface area contributed by atoms with E-state index < -0.39 is 0 Å². The molecule has 2 N–H and O–H groups in total. The third-order valence-corrected chi connectivity index (χ3v) is 5.15. The fourth-order valence-corrected chi connectivity index (χ4v) is 3.95. The van der Waals surface area contributed by atoms with E-state index in [0.717, 1.165) is 10.4 Å². The zero-order chi connectivity index (χ0) is 16.2. The van der Waals surface area contributed by atoms with Gasteiger partial charge in [-0.25, -0.2) is 4.98 Å². The maximum absolute atomic E-state index is 12.7. The van der Waals surface area contributed by atoms with Gasteiger partial charge >= 0.3 is 0 Å². The standard InChI is InChI=1S/C15H16N4O2S2.ClH/c1-16-4-5-17-12(20)7-19-9-18-14-13(15(19)21)10(8-23-14)11-3-2-6-22-11;/h2-3,6,8-9,16H,4-5,7H2,1H3,(H,17,20);1H. The maximum atomic E-state index is 12.7. The fourth-order valence-electron chi connectivity index (χ4n) is 2.23. The first-order valence-corrected chi connectivity index (χ1v) is 8.88. The summed E-state index contributed by atoms with van der Waals surface area (Å²) < 4.78 is 1.36. The van der Waals surface area contributed by atoms with Gasteiger partial charge in [0.05, 0.1) is 11.7 Å². The van der Waals surface area contributed by atoms with Gasteiger partial charge in [0, 0.05) is 28.9 Å².